The summed E-state index contributed by atoms with van der Waals surface area (Å²) in [6.07, 6.45) is -6.52. The zero-order valence-corrected chi connectivity index (χ0v) is 19.6. The van der Waals surface area contributed by atoms with E-state index in [9.17, 15) is 36.7 Å². The highest BCUT2D eigenvalue weighted by Gasteiger charge is 2.35. The highest BCUT2D eigenvalue weighted by molar-refractivity contribution is 6.32. The van der Waals surface area contributed by atoms with Gasteiger partial charge in [0.1, 0.15) is 17.3 Å². The summed E-state index contributed by atoms with van der Waals surface area (Å²) in [6, 6.07) is 1.60. The highest BCUT2D eigenvalue weighted by atomic mass is 35.5. The molecule has 35 heavy (non-hydrogen) atoms. The molecular formula is C20H20ClF4N3O7. The molecule has 1 amide bonds. The smallest absolute Gasteiger partial charge is 0.431 e. The molecule has 1 heterocycles. The fourth-order valence-electron chi connectivity index (χ4n) is 2.93. The van der Waals surface area contributed by atoms with E-state index in [2.05, 4.69) is 4.74 Å². The molecule has 0 aliphatic rings. The molecular weight excluding hydrogens is 506 g/mol. The van der Waals surface area contributed by atoms with Crippen molar-refractivity contribution in [1.29, 1.82) is 0 Å². The highest BCUT2D eigenvalue weighted by Crippen LogP contribution is 2.31. The van der Waals surface area contributed by atoms with Crippen molar-refractivity contribution >= 4 is 23.5 Å². The average molecular weight is 526 g/mol. The number of halogens is 5. The first-order chi connectivity index (χ1) is 16.2. The summed E-state index contributed by atoms with van der Waals surface area (Å²) in [7, 11) is 3.09. The van der Waals surface area contributed by atoms with Crippen molar-refractivity contribution in [2.75, 3.05) is 20.8 Å². The minimum atomic E-state index is -5.00. The molecule has 1 aromatic carbocycles. The van der Waals surface area contributed by atoms with Gasteiger partial charge in [0.25, 0.3) is 11.5 Å². The van der Waals surface area contributed by atoms with Gasteiger partial charge in [-0.1, -0.05) is 11.6 Å². The Hall–Kier alpha value is -3.39. The lowest BCUT2D eigenvalue weighted by Gasteiger charge is -2.24. The average Bonchev–Trinajstić information content (AvgIpc) is 2.78. The molecule has 0 N–H and O–H groups in total. The van der Waals surface area contributed by atoms with Crippen LogP contribution in [0.15, 0.2) is 27.8 Å². The number of alkyl halides is 3. The van der Waals surface area contributed by atoms with Gasteiger partial charge in [-0.15, -0.1) is 0 Å². The van der Waals surface area contributed by atoms with Gasteiger partial charge in [-0.25, -0.2) is 18.8 Å². The van der Waals surface area contributed by atoms with Gasteiger partial charge in [-0.05, 0) is 13.0 Å². The van der Waals surface area contributed by atoms with Crippen LogP contribution in [0.5, 0.6) is 5.75 Å². The zero-order valence-electron chi connectivity index (χ0n) is 18.8. The molecule has 0 aliphatic heterocycles. The SMILES string of the molecule is COC(=O)CCN(OC)C(=O)C(C)Oc1cc(-n2c(=O)cc(C(F)(F)F)n(C)c2=O)c(F)cc1Cl. The Morgan fingerprint density at radius 1 is 1.17 bits per heavy atom. The van der Waals surface area contributed by atoms with Crippen LogP contribution in [0.1, 0.15) is 19.0 Å². The van der Waals surface area contributed by atoms with Crippen molar-refractivity contribution in [3.63, 3.8) is 0 Å². The summed E-state index contributed by atoms with van der Waals surface area (Å²) >= 11 is 5.97. The van der Waals surface area contributed by atoms with Gasteiger partial charge in [0, 0.05) is 19.2 Å². The van der Waals surface area contributed by atoms with Crippen molar-refractivity contribution in [3.8, 4) is 11.4 Å². The van der Waals surface area contributed by atoms with Gasteiger partial charge in [0.05, 0.1) is 37.9 Å². The van der Waals surface area contributed by atoms with E-state index in [1.54, 1.807) is 0 Å². The number of hydrogen-bond acceptors (Lipinski definition) is 7. The van der Waals surface area contributed by atoms with Crippen LogP contribution in [0.2, 0.25) is 5.02 Å². The predicted molar refractivity (Wildman–Crippen MR) is 113 cm³/mol. The van der Waals surface area contributed by atoms with Crippen LogP contribution in [-0.4, -0.2) is 52.9 Å². The summed E-state index contributed by atoms with van der Waals surface area (Å²) in [5.74, 6) is -2.96. The number of benzene rings is 1. The molecule has 192 valence electrons. The summed E-state index contributed by atoms with van der Waals surface area (Å²) in [6.45, 7) is 1.09. The Bertz CT molecular complexity index is 1240. The number of methoxy groups -OCH3 is 1. The van der Waals surface area contributed by atoms with Crippen molar-refractivity contribution < 1.29 is 41.5 Å². The minimum Gasteiger partial charge on any atom is -0.479 e. The molecule has 1 aromatic heterocycles. The van der Waals surface area contributed by atoms with Gasteiger partial charge < -0.3 is 9.47 Å². The molecule has 0 radical (unpaired) electrons. The Labute approximate surface area is 200 Å². The van der Waals surface area contributed by atoms with Crippen LogP contribution in [0, 0.1) is 5.82 Å². The largest absolute Gasteiger partial charge is 0.479 e. The standard InChI is InChI=1S/C20H20ClF4N3O7/c1-10(18(31)27(34-4)6-5-17(30)33-3)35-14-8-13(12(22)7-11(14)21)28-16(29)9-15(20(23,24)25)26(2)19(28)32/h7-10H,5-6H2,1-4H3. The Morgan fingerprint density at radius 3 is 2.34 bits per heavy atom. The van der Waals surface area contributed by atoms with Gasteiger partial charge in [-0.3, -0.25) is 23.8 Å². The molecule has 0 saturated carbocycles. The number of rotatable bonds is 8. The van der Waals surface area contributed by atoms with Gasteiger partial charge in [0.15, 0.2) is 6.10 Å². The van der Waals surface area contributed by atoms with Crippen LogP contribution in [0.3, 0.4) is 0 Å². The van der Waals surface area contributed by atoms with Crippen molar-refractivity contribution in [3.05, 3.63) is 55.6 Å². The van der Waals surface area contributed by atoms with Gasteiger partial charge >= 0.3 is 17.8 Å². The Balaban J connectivity index is 2.45. The van der Waals surface area contributed by atoms with E-state index >= 15 is 0 Å². The van der Waals surface area contributed by atoms with E-state index in [4.69, 9.17) is 21.2 Å². The Morgan fingerprint density at radius 2 is 1.80 bits per heavy atom. The molecule has 0 fully saturated rings. The molecule has 10 nitrogen and oxygen atoms in total. The maximum Gasteiger partial charge on any atom is 0.431 e. The van der Waals surface area contributed by atoms with E-state index in [-0.39, 0.29) is 38.9 Å². The van der Waals surface area contributed by atoms with Gasteiger partial charge in [-0.2, -0.15) is 13.2 Å². The molecule has 15 heteroatoms. The van der Waals surface area contributed by atoms with Crippen LogP contribution in [0.25, 0.3) is 5.69 Å². The number of nitrogens with zero attached hydrogens (tertiary/aromatic N) is 3. The fourth-order valence-corrected chi connectivity index (χ4v) is 3.12. The normalized spacial score (nSPS) is 12.3. The Kier molecular flexibility index (Phi) is 8.68. The van der Waals surface area contributed by atoms with Crippen molar-refractivity contribution in [1.82, 2.24) is 14.2 Å². The van der Waals surface area contributed by atoms with Crippen molar-refractivity contribution in [2.45, 2.75) is 25.6 Å². The molecule has 0 aliphatic carbocycles. The van der Waals surface area contributed by atoms with Crippen LogP contribution >= 0.6 is 11.6 Å². The first-order valence-corrected chi connectivity index (χ1v) is 10.1. The van der Waals surface area contributed by atoms with Crippen LogP contribution < -0.4 is 16.0 Å². The third-order valence-electron chi connectivity index (χ3n) is 4.72. The van der Waals surface area contributed by atoms with Gasteiger partial charge in [0.2, 0.25) is 0 Å². The van der Waals surface area contributed by atoms with Crippen molar-refractivity contribution in [2.24, 2.45) is 7.05 Å². The molecule has 0 bridgehead atoms. The number of carbonyl (C=O) groups is 2. The number of carbonyl (C=O) groups excluding carboxylic acids is 2. The minimum absolute atomic E-state index is 0.139. The lowest BCUT2D eigenvalue weighted by Crippen LogP contribution is -2.41. The molecule has 1 atom stereocenters. The molecule has 1 unspecified atom stereocenters. The molecule has 2 aromatic rings. The molecule has 0 spiro atoms. The lowest BCUT2D eigenvalue weighted by atomic mass is 10.2. The third kappa shape index (κ3) is 6.19. The number of esters is 1. The fraction of sp³-hybridized carbons (Fsp3) is 0.400. The quantitative estimate of drug-likeness (QED) is 0.295. The maximum atomic E-state index is 14.6. The second-order valence-corrected chi connectivity index (χ2v) is 7.39. The number of aromatic nitrogens is 2. The van der Waals surface area contributed by atoms with Crippen LogP contribution in [-0.2, 0) is 32.4 Å². The number of hydrogen-bond donors (Lipinski definition) is 0. The number of hydroxylamine groups is 2. The van der Waals surface area contributed by atoms with E-state index in [0.717, 1.165) is 32.4 Å². The zero-order chi connectivity index (χ0) is 26.7. The summed E-state index contributed by atoms with van der Waals surface area (Å²) in [5, 5.41) is 0.442. The van der Waals surface area contributed by atoms with E-state index in [1.807, 2.05) is 0 Å². The predicted octanol–water partition coefficient (Wildman–Crippen LogP) is 2.07. The summed E-state index contributed by atoms with van der Waals surface area (Å²) in [4.78, 5) is 53.6. The third-order valence-corrected chi connectivity index (χ3v) is 5.01. The topological polar surface area (TPSA) is 109 Å². The first-order valence-electron chi connectivity index (χ1n) is 9.71. The maximum absolute atomic E-state index is 14.6. The molecule has 2 rings (SSSR count). The van der Waals surface area contributed by atoms with E-state index in [1.165, 1.54) is 6.92 Å². The van der Waals surface area contributed by atoms with E-state index < -0.39 is 52.6 Å². The second-order valence-electron chi connectivity index (χ2n) is 6.99. The summed E-state index contributed by atoms with van der Waals surface area (Å²) < 4.78 is 64.1. The lowest BCUT2D eigenvalue weighted by molar-refractivity contribution is -0.184. The first kappa shape index (κ1) is 27.9. The molecule has 0 saturated heterocycles. The summed E-state index contributed by atoms with van der Waals surface area (Å²) in [5.41, 5.74) is -5.21. The number of ether oxygens (including phenoxy) is 2. The van der Waals surface area contributed by atoms with Crippen LogP contribution in [0.4, 0.5) is 17.6 Å². The monoisotopic (exact) mass is 525 g/mol. The van der Waals surface area contributed by atoms with E-state index in [0.29, 0.717) is 6.07 Å². The second kappa shape index (κ2) is 10.9. The number of amides is 1.